The molecule has 0 bridgehead atoms. The first-order valence-electron chi connectivity index (χ1n) is 6.57. The van der Waals surface area contributed by atoms with Crippen LogP contribution in [-0.2, 0) is 0 Å². The van der Waals surface area contributed by atoms with Crippen LogP contribution in [0.2, 0.25) is 0 Å². The molecule has 0 N–H and O–H groups in total. The zero-order valence-corrected chi connectivity index (χ0v) is 12.7. The van der Waals surface area contributed by atoms with Gasteiger partial charge in [0.05, 0.1) is 5.56 Å². The van der Waals surface area contributed by atoms with E-state index in [2.05, 4.69) is 20.9 Å². The molecule has 6 heteroatoms. The normalized spacial score (nSPS) is 15.9. The van der Waals surface area contributed by atoms with Crippen LogP contribution in [0.1, 0.15) is 11.8 Å². The standard InChI is InChI=1S/C16H9BrF2N2O/c17-10-1-2-13-14(7-10)22-16(21-4-3-20-15(13)21)9-5-11(18)8-12(19)6-9/h1-8,16H. The Morgan fingerprint density at radius 1 is 1.09 bits per heavy atom. The molecule has 0 aliphatic carbocycles. The van der Waals surface area contributed by atoms with Crippen molar-refractivity contribution in [2.24, 2.45) is 0 Å². The SMILES string of the molecule is Fc1cc(F)cc(C2Oc3cc(Br)ccc3-c3nccn32)c1. The van der Waals surface area contributed by atoms with Gasteiger partial charge in [-0.05, 0) is 30.3 Å². The van der Waals surface area contributed by atoms with Crippen molar-refractivity contribution in [3.05, 3.63) is 70.5 Å². The molecule has 0 saturated carbocycles. The van der Waals surface area contributed by atoms with Gasteiger partial charge in [0, 0.05) is 28.5 Å². The van der Waals surface area contributed by atoms with Crippen LogP contribution < -0.4 is 4.74 Å². The predicted molar refractivity (Wildman–Crippen MR) is 80.5 cm³/mol. The predicted octanol–water partition coefficient (Wildman–Crippen LogP) is 4.53. The summed E-state index contributed by atoms with van der Waals surface area (Å²) in [6.45, 7) is 0. The van der Waals surface area contributed by atoms with Gasteiger partial charge in [-0.15, -0.1) is 0 Å². The number of hydrogen-bond acceptors (Lipinski definition) is 2. The molecule has 1 unspecified atom stereocenters. The van der Waals surface area contributed by atoms with E-state index in [1.54, 1.807) is 17.0 Å². The summed E-state index contributed by atoms with van der Waals surface area (Å²) in [6, 6.07) is 8.97. The van der Waals surface area contributed by atoms with Crippen molar-refractivity contribution in [2.45, 2.75) is 6.23 Å². The van der Waals surface area contributed by atoms with Gasteiger partial charge in [0.1, 0.15) is 23.2 Å². The van der Waals surface area contributed by atoms with Gasteiger partial charge in [-0.2, -0.15) is 0 Å². The Bertz CT molecular complexity index is 858. The highest BCUT2D eigenvalue weighted by Crippen LogP contribution is 2.40. The first kappa shape index (κ1) is 13.5. The van der Waals surface area contributed by atoms with Crippen molar-refractivity contribution in [1.29, 1.82) is 0 Å². The van der Waals surface area contributed by atoms with E-state index in [4.69, 9.17) is 4.74 Å². The Hall–Kier alpha value is -2.21. The Balaban J connectivity index is 1.90. The number of ether oxygens (including phenoxy) is 1. The van der Waals surface area contributed by atoms with Crippen LogP contribution in [-0.4, -0.2) is 9.55 Å². The summed E-state index contributed by atoms with van der Waals surface area (Å²) >= 11 is 3.39. The van der Waals surface area contributed by atoms with Crippen molar-refractivity contribution >= 4 is 15.9 Å². The number of imidazole rings is 1. The highest BCUT2D eigenvalue weighted by Gasteiger charge is 2.28. The molecule has 22 heavy (non-hydrogen) atoms. The van der Waals surface area contributed by atoms with Gasteiger partial charge >= 0.3 is 0 Å². The lowest BCUT2D eigenvalue weighted by molar-refractivity contribution is 0.167. The van der Waals surface area contributed by atoms with Crippen molar-refractivity contribution in [1.82, 2.24) is 9.55 Å². The lowest BCUT2D eigenvalue weighted by atomic mass is 10.1. The van der Waals surface area contributed by atoms with E-state index in [1.807, 2.05) is 18.2 Å². The number of rotatable bonds is 1. The van der Waals surface area contributed by atoms with Gasteiger partial charge in [-0.25, -0.2) is 13.8 Å². The van der Waals surface area contributed by atoms with Gasteiger partial charge in [-0.1, -0.05) is 15.9 Å². The van der Waals surface area contributed by atoms with Crippen molar-refractivity contribution in [3.8, 4) is 17.1 Å². The summed E-state index contributed by atoms with van der Waals surface area (Å²) in [7, 11) is 0. The topological polar surface area (TPSA) is 27.1 Å². The number of fused-ring (bicyclic) bond motifs is 3. The lowest BCUT2D eigenvalue weighted by Gasteiger charge is -2.28. The molecule has 0 radical (unpaired) electrons. The average Bonchev–Trinajstić information content (AvgIpc) is 2.94. The van der Waals surface area contributed by atoms with E-state index in [0.717, 1.165) is 16.1 Å². The maximum absolute atomic E-state index is 13.5. The summed E-state index contributed by atoms with van der Waals surface area (Å²) < 4.78 is 35.6. The molecule has 3 nitrogen and oxygen atoms in total. The molecule has 2 aromatic carbocycles. The second kappa shape index (κ2) is 4.91. The molecule has 3 aromatic rings. The van der Waals surface area contributed by atoms with Crippen LogP contribution >= 0.6 is 15.9 Å². The number of hydrogen-bond donors (Lipinski definition) is 0. The van der Waals surface area contributed by atoms with Crippen LogP contribution in [0.25, 0.3) is 11.4 Å². The molecule has 1 aliphatic rings. The molecule has 0 fully saturated rings. The first-order chi connectivity index (χ1) is 10.6. The molecule has 110 valence electrons. The minimum Gasteiger partial charge on any atom is -0.465 e. The zero-order chi connectivity index (χ0) is 15.3. The van der Waals surface area contributed by atoms with Crippen LogP contribution in [0.3, 0.4) is 0 Å². The highest BCUT2D eigenvalue weighted by atomic mass is 79.9. The van der Waals surface area contributed by atoms with E-state index in [-0.39, 0.29) is 0 Å². The Kier molecular flexibility index (Phi) is 3.00. The minimum absolute atomic E-state index is 0.391. The van der Waals surface area contributed by atoms with Crippen LogP contribution in [0, 0.1) is 11.6 Å². The van der Waals surface area contributed by atoms with Gasteiger partial charge in [0.15, 0.2) is 0 Å². The highest BCUT2D eigenvalue weighted by molar-refractivity contribution is 9.10. The Labute approximate surface area is 133 Å². The van der Waals surface area contributed by atoms with Gasteiger partial charge in [0.2, 0.25) is 6.23 Å². The molecule has 1 atom stereocenters. The van der Waals surface area contributed by atoms with Crippen LogP contribution in [0.15, 0.2) is 53.3 Å². The largest absolute Gasteiger partial charge is 0.465 e. The summed E-state index contributed by atoms with van der Waals surface area (Å²) in [5.41, 5.74) is 1.23. The average molecular weight is 363 g/mol. The number of nitrogens with zero attached hydrogens (tertiary/aromatic N) is 2. The van der Waals surface area contributed by atoms with Crippen LogP contribution in [0.5, 0.6) is 5.75 Å². The van der Waals surface area contributed by atoms with Gasteiger partial charge in [0.25, 0.3) is 0 Å². The van der Waals surface area contributed by atoms with Gasteiger partial charge < -0.3 is 4.74 Å². The summed E-state index contributed by atoms with van der Waals surface area (Å²) in [5.74, 6) is 0.0340. The van der Waals surface area contributed by atoms with Crippen LogP contribution in [0.4, 0.5) is 8.78 Å². The first-order valence-corrected chi connectivity index (χ1v) is 7.36. The second-order valence-corrected chi connectivity index (χ2v) is 5.89. The molecule has 1 aromatic heterocycles. The molecule has 0 spiro atoms. The fourth-order valence-electron chi connectivity index (χ4n) is 2.61. The van der Waals surface area contributed by atoms with Crippen molar-refractivity contribution in [3.63, 3.8) is 0 Å². The third-order valence-corrected chi connectivity index (χ3v) is 4.01. The fourth-order valence-corrected chi connectivity index (χ4v) is 2.95. The monoisotopic (exact) mass is 362 g/mol. The van der Waals surface area contributed by atoms with E-state index in [0.29, 0.717) is 17.1 Å². The van der Waals surface area contributed by atoms with Crippen molar-refractivity contribution < 1.29 is 13.5 Å². The quantitative estimate of drug-likeness (QED) is 0.635. The molecule has 0 saturated heterocycles. The third kappa shape index (κ3) is 2.11. The molecular formula is C16H9BrF2N2O. The minimum atomic E-state index is -0.663. The molecule has 2 heterocycles. The lowest BCUT2D eigenvalue weighted by Crippen LogP contribution is -2.22. The number of aromatic nitrogens is 2. The maximum Gasteiger partial charge on any atom is 0.203 e. The van der Waals surface area contributed by atoms with E-state index in [1.165, 1.54) is 12.1 Å². The van der Waals surface area contributed by atoms with Crippen molar-refractivity contribution in [2.75, 3.05) is 0 Å². The zero-order valence-electron chi connectivity index (χ0n) is 11.1. The number of benzene rings is 2. The molecule has 0 amide bonds. The maximum atomic E-state index is 13.5. The third-order valence-electron chi connectivity index (χ3n) is 3.51. The van der Waals surface area contributed by atoms with Gasteiger partial charge in [-0.3, -0.25) is 4.57 Å². The van der Waals surface area contributed by atoms with E-state index >= 15 is 0 Å². The molecule has 1 aliphatic heterocycles. The second-order valence-electron chi connectivity index (χ2n) is 4.97. The summed E-state index contributed by atoms with van der Waals surface area (Å²) in [6.07, 6.45) is 2.70. The molecule has 4 rings (SSSR count). The summed E-state index contributed by atoms with van der Waals surface area (Å²) in [5, 5.41) is 0. The van der Waals surface area contributed by atoms with E-state index in [9.17, 15) is 8.78 Å². The number of halogens is 3. The summed E-state index contributed by atoms with van der Waals surface area (Å²) in [4.78, 5) is 4.33. The Morgan fingerprint density at radius 2 is 1.86 bits per heavy atom. The fraction of sp³-hybridized carbons (Fsp3) is 0.0625. The smallest absolute Gasteiger partial charge is 0.203 e. The Morgan fingerprint density at radius 3 is 2.64 bits per heavy atom. The van der Waals surface area contributed by atoms with E-state index < -0.39 is 17.9 Å². The molecular weight excluding hydrogens is 354 g/mol.